The molecule has 1 aromatic carbocycles. The first-order valence-corrected chi connectivity index (χ1v) is 8.62. The summed E-state index contributed by atoms with van der Waals surface area (Å²) in [5.41, 5.74) is 1.05. The van der Waals surface area contributed by atoms with Crippen LogP contribution in [-0.2, 0) is 14.3 Å². The maximum Gasteiger partial charge on any atom is 0.297 e. The lowest BCUT2D eigenvalue weighted by molar-refractivity contribution is -0.928. The normalized spacial score (nSPS) is 31.7. The van der Waals surface area contributed by atoms with Crippen LogP contribution < -0.4 is 17.0 Å². The number of quaternary nitrogens is 1. The molecule has 1 aromatic rings. The second kappa shape index (κ2) is 5.99. The van der Waals surface area contributed by atoms with Gasteiger partial charge in [0.1, 0.15) is 12.6 Å². The van der Waals surface area contributed by atoms with Gasteiger partial charge in [0.25, 0.3) is 10.1 Å². The number of hydrogen-bond donors (Lipinski definition) is 0. The molecule has 3 aliphatic rings. The molecule has 3 saturated heterocycles. The number of likely N-dealkylation sites (N-methyl/N-ethyl adjacent to an activating group) is 1. The molecule has 0 saturated carbocycles. The fourth-order valence-corrected chi connectivity index (χ4v) is 4.51. The molecule has 0 spiro atoms. The summed E-state index contributed by atoms with van der Waals surface area (Å²) in [6, 6.07) is 6.87. The Bertz CT molecular complexity index is 592. The maximum absolute atomic E-state index is 12.4. The van der Waals surface area contributed by atoms with E-state index < -0.39 is 10.1 Å². The monoisotopic (exact) mass is 375 g/mol. The molecule has 1 atom stereocenters. The lowest BCUT2D eigenvalue weighted by Crippen LogP contribution is -3.00. The van der Waals surface area contributed by atoms with Gasteiger partial charge in [-0.05, 0) is 19.1 Å². The van der Waals surface area contributed by atoms with E-state index in [-0.39, 0.29) is 28.0 Å². The summed E-state index contributed by atoms with van der Waals surface area (Å²) in [4.78, 5) is 0.266. The maximum atomic E-state index is 12.4. The smallest absolute Gasteiger partial charge is 0.297 e. The molecule has 0 radical (unpaired) electrons. The Morgan fingerprint density at radius 1 is 1.14 bits per heavy atom. The highest BCUT2D eigenvalue weighted by Crippen LogP contribution is 2.35. The fraction of sp³-hybridized carbons (Fsp3) is 0.600. The number of fused-ring (bicyclic) bond motifs is 3. The molecule has 3 heterocycles. The van der Waals surface area contributed by atoms with Gasteiger partial charge in [-0.1, -0.05) is 17.7 Å². The average Bonchev–Trinajstić information content (AvgIpc) is 2.39. The number of aryl methyl sites for hydroxylation is 1. The van der Waals surface area contributed by atoms with Crippen molar-refractivity contribution >= 4 is 10.1 Å². The van der Waals surface area contributed by atoms with Gasteiger partial charge in [-0.2, -0.15) is 8.42 Å². The van der Waals surface area contributed by atoms with E-state index in [9.17, 15) is 8.42 Å². The third-order valence-corrected chi connectivity index (χ3v) is 6.14. The molecular weight excluding hydrogens is 354 g/mol. The number of benzene rings is 1. The van der Waals surface area contributed by atoms with Gasteiger partial charge >= 0.3 is 0 Å². The first-order chi connectivity index (χ1) is 9.38. The van der Waals surface area contributed by atoms with Crippen molar-refractivity contribution in [2.45, 2.75) is 30.8 Å². The first-order valence-electron chi connectivity index (χ1n) is 7.22. The van der Waals surface area contributed by atoms with Gasteiger partial charge in [0.15, 0.2) is 0 Å². The van der Waals surface area contributed by atoms with Gasteiger partial charge in [0.2, 0.25) is 0 Å². The van der Waals surface area contributed by atoms with Crippen molar-refractivity contribution in [2.24, 2.45) is 5.92 Å². The van der Waals surface area contributed by atoms with Crippen molar-refractivity contribution in [1.29, 1.82) is 0 Å². The summed E-state index contributed by atoms with van der Waals surface area (Å²) in [6.07, 6.45) is 1.99. The molecule has 118 valence electrons. The number of piperidine rings is 3. The van der Waals surface area contributed by atoms with E-state index >= 15 is 0 Å². The minimum absolute atomic E-state index is 0. The lowest BCUT2D eigenvalue weighted by atomic mass is 9.84. The zero-order valence-electron chi connectivity index (χ0n) is 12.5. The van der Waals surface area contributed by atoms with Crippen LogP contribution in [0.4, 0.5) is 0 Å². The first kappa shape index (κ1) is 16.9. The van der Waals surface area contributed by atoms with Crippen LogP contribution in [0.3, 0.4) is 0 Å². The van der Waals surface area contributed by atoms with Crippen molar-refractivity contribution in [3.8, 4) is 0 Å². The molecule has 3 fully saturated rings. The lowest BCUT2D eigenvalue weighted by Gasteiger charge is -2.49. The third kappa shape index (κ3) is 3.50. The number of nitrogens with zero attached hydrogens (tertiary/aromatic N) is 1. The highest BCUT2D eigenvalue weighted by molar-refractivity contribution is 7.86. The SMILES string of the molecule is Cc1ccc(S(=O)(=O)OC2C[N+]3(C)CCC2CC3)cc1.[Br-]. The van der Waals surface area contributed by atoms with Crippen LogP contribution in [0, 0.1) is 12.8 Å². The Morgan fingerprint density at radius 2 is 1.71 bits per heavy atom. The molecular formula is C15H22BrNO3S. The number of halogens is 1. The molecule has 4 rings (SSSR count). The minimum Gasteiger partial charge on any atom is -1.00 e. The molecule has 0 N–H and O–H groups in total. The van der Waals surface area contributed by atoms with Crippen molar-refractivity contribution in [1.82, 2.24) is 0 Å². The molecule has 0 aliphatic carbocycles. The summed E-state index contributed by atoms with van der Waals surface area (Å²) in [7, 11) is -1.44. The van der Waals surface area contributed by atoms with Gasteiger partial charge in [-0.15, -0.1) is 0 Å². The standard InChI is InChI=1S/C15H22NO3S.BrH/c1-12-3-5-14(6-4-12)20(17,18)19-15-11-16(2)9-7-13(15)8-10-16;/h3-6,13,15H,7-11H2,1-2H3;1H/q+1;/p-1. The molecule has 6 heteroatoms. The fourth-order valence-electron chi connectivity index (χ4n) is 3.38. The average molecular weight is 376 g/mol. The van der Waals surface area contributed by atoms with Gasteiger partial charge in [0, 0.05) is 18.8 Å². The van der Waals surface area contributed by atoms with E-state index in [1.165, 1.54) is 0 Å². The molecule has 4 nitrogen and oxygen atoms in total. The quantitative estimate of drug-likeness (QED) is 0.499. The molecule has 3 aliphatic heterocycles. The van der Waals surface area contributed by atoms with Crippen LogP contribution in [0.5, 0.6) is 0 Å². The minimum atomic E-state index is -3.64. The second-order valence-electron chi connectivity index (χ2n) is 6.49. The van der Waals surface area contributed by atoms with Crippen LogP contribution in [-0.4, -0.2) is 45.7 Å². The van der Waals surface area contributed by atoms with E-state index in [2.05, 4.69) is 7.05 Å². The van der Waals surface area contributed by atoms with E-state index in [4.69, 9.17) is 4.18 Å². The molecule has 0 amide bonds. The Kier molecular flexibility index (Phi) is 4.83. The van der Waals surface area contributed by atoms with E-state index in [1.54, 1.807) is 24.3 Å². The topological polar surface area (TPSA) is 43.4 Å². The molecule has 21 heavy (non-hydrogen) atoms. The summed E-state index contributed by atoms with van der Waals surface area (Å²) in [5, 5.41) is 0. The van der Waals surface area contributed by atoms with E-state index in [0.717, 1.165) is 42.5 Å². The van der Waals surface area contributed by atoms with Crippen LogP contribution in [0.2, 0.25) is 0 Å². The summed E-state index contributed by atoms with van der Waals surface area (Å²) in [6.45, 7) is 5.05. The Hall–Kier alpha value is -0.430. The molecule has 1 unspecified atom stereocenters. The van der Waals surface area contributed by atoms with Gasteiger partial charge in [-0.3, -0.25) is 4.18 Å². The van der Waals surface area contributed by atoms with Crippen LogP contribution >= 0.6 is 0 Å². The molecule has 0 aromatic heterocycles. The van der Waals surface area contributed by atoms with Crippen LogP contribution in [0.1, 0.15) is 18.4 Å². The van der Waals surface area contributed by atoms with Crippen LogP contribution in [0.25, 0.3) is 0 Å². The number of rotatable bonds is 3. The van der Waals surface area contributed by atoms with Crippen molar-refractivity contribution in [3.63, 3.8) is 0 Å². The van der Waals surface area contributed by atoms with Gasteiger partial charge in [-0.25, -0.2) is 0 Å². The predicted octanol–water partition coefficient (Wildman–Crippen LogP) is -1.06. The van der Waals surface area contributed by atoms with Crippen LogP contribution in [0.15, 0.2) is 29.2 Å². The summed E-state index contributed by atoms with van der Waals surface area (Å²) in [5.74, 6) is 0.398. The van der Waals surface area contributed by atoms with E-state index in [0.29, 0.717) is 5.92 Å². The predicted molar refractivity (Wildman–Crippen MR) is 76.7 cm³/mol. The van der Waals surface area contributed by atoms with Crippen molar-refractivity contribution < 1.29 is 34.1 Å². The van der Waals surface area contributed by atoms with Gasteiger partial charge in [0.05, 0.1) is 25.0 Å². The largest absolute Gasteiger partial charge is 1.00 e. The summed E-state index contributed by atoms with van der Waals surface area (Å²) >= 11 is 0. The Balaban J connectivity index is 0.00000161. The summed E-state index contributed by atoms with van der Waals surface area (Å²) < 4.78 is 31.2. The highest BCUT2D eigenvalue weighted by atomic mass is 79.9. The zero-order chi connectivity index (χ0) is 14.4. The Labute approximate surface area is 137 Å². The third-order valence-electron chi connectivity index (χ3n) is 4.79. The van der Waals surface area contributed by atoms with Crippen molar-refractivity contribution in [3.05, 3.63) is 29.8 Å². The highest BCUT2D eigenvalue weighted by Gasteiger charge is 2.45. The second-order valence-corrected chi connectivity index (χ2v) is 8.06. The zero-order valence-corrected chi connectivity index (χ0v) is 14.9. The van der Waals surface area contributed by atoms with Gasteiger partial charge < -0.3 is 21.5 Å². The number of hydrogen-bond acceptors (Lipinski definition) is 3. The molecule has 2 bridgehead atoms. The Morgan fingerprint density at radius 3 is 2.24 bits per heavy atom. The van der Waals surface area contributed by atoms with Crippen molar-refractivity contribution in [2.75, 3.05) is 26.7 Å². The van der Waals surface area contributed by atoms with E-state index in [1.807, 2.05) is 6.92 Å².